The van der Waals surface area contributed by atoms with Crippen LogP contribution in [0.25, 0.3) is 0 Å². The van der Waals surface area contributed by atoms with Crippen LogP contribution in [0.3, 0.4) is 0 Å². The van der Waals surface area contributed by atoms with Crippen LogP contribution in [0.4, 0.5) is 0 Å². The van der Waals surface area contributed by atoms with Crippen molar-refractivity contribution in [1.29, 1.82) is 5.26 Å². The van der Waals surface area contributed by atoms with Crippen molar-refractivity contribution in [2.45, 2.75) is 25.0 Å². The van der Waals surface area contributed by atoms with E-state index in [2.05, 4.69) is 10.3 Å². The minimum atomic E-state index is -0.207. The van der Waals surface area contributed by atoms with Gasteiger partial charge in [0, 0.05) is 19.0 Å². The molecule has 2 aromatic heterocycles. The van der Waals surface area contributed by atoms with E-state index in [-0.39, 0.29) is 18.1 Å². The fourth-order valence-electron chi connectivity index (χ4n) is 2.62. The Morgan fingerprint density at radius 3 is 3.00 bits per heavy atom. The zero-order valence-electron chi connectivity index (χ0n) is 11.9. The van der Waals surface area contributed by atoms with Crippen LogP contribution in [0, 0.1) is 11.3 Å². The first kappa shape index (κ1) is 14.7. The number of nitrogens with one attached hydrogen (secondary N) is 1. The molecule has 0 unspecified atom stereocenters. The molecule has 112 valence electrons. The van der Waals surface area contributed by atoms with Gasteiger partial charge in [0.15, 0.2) is 0 Å². The molecule has 3 rings (SSSR count). The average molecular weight is 313 g/mol. The summed E-state index contributed by atoms with van der Waals surface area (Å²) in [6.07, 6.45) is 5.03. The molecular formula is C16H15N3O2S. The molecule has 1 saturated heterocycles. The molecule has 2 aromatic rings. The number of amides is 1. The molecule has 1 aliphatic rings. The zero-order valence-corrected chi connectivity index (χ0v) is 12.7. The topological polar surface area (TPSA) is 75.0 Å². The van der Waals surface area contributed by atoms with Gasteiger partial charge in [0.05, 0.1) is 11.6 Å². The molecule has 22 heavy (non-hydrogen) atoms. The summed E-state index contributed by atoms with van der Waals surface area (Å²) >= 11 is 1.28. The van der Waals surface area contributed by atoms with E-state index in [1.807, 2.05) is 18.2 Å². The minimum Gasteiger partial charge on any atom is -0.371 e. The van der Waals surface area contributed by atoms with Crippen molar-refractivity contribution in [2.75, 3.05) is 6.61 Å². The van der Waals surface area contributed by atoms with Crippen molar-refractivity contribution in [3.8, 4) is 6.07 Å². The molecule has 0 saturated carbocycles. The van der Waals surface area contributed by atoms with E-state index in [1.165, 1.54) is 11.3 Å². The molecule has 3 heterocycles. The second-order valence-corrected chi connectivity index (χ2v) is 5.99. The van der Waals surface area contributed by atoms with E-state index >= 15 is 0 Å². The summed E-state index contributed by atoms with van der Waals surface area (Å²) in [5.74, 6) is -0.207. The lowest BCUT2D eigenvalue weighted by atomic mass is 9.96. The van der Waals surface area contributed by atoms with Crippen molar-refractivity contribution in [2.24, 2.45) is 0 Å². The summed E-state index contributed by atoms with van der Waals surface area (Å²) in [6, 6.07) is 7.42. The van der Waals surface area contributed by atoms with Gasteiger partial charge < -0.3 is 10.1 Å². The maximum atomic E-state index is 12.4. The van der Waals surface area contributed by atoms with Gasteiger partial charge in [-0.25, -0.2) is 0 Å². The lowest BCUT2D eigenvalue weighted by molar-refractivity contribution is -0.00945. The van der Waals surface area contributed by atoms with Crippen molar-refractivity contribution >= 4 is 17.2 Å². The predicted molar refractivity (Wildman–Crippen MR) is 82.5 cm³/mol. The van der Waals surface area contributed by atoms with Crippen LogP contribution < -0.4 is 5.32 Å². The van der Waals surface area contributed by atoms with Gasteiger partial charge in [-0.2, -0.15) is 5.26 Å². The standard InChI is InChI=1S/C16H15N3O2S/c17-10-12-5-9-22-15(12)16(20)19-13-2-1-8-21-14(13)11-3-6-18-7-4-11/h3-7,9,13-14H,1-2,8H2,(H,19,20)/t13-,14+/m0/s1. The summed E-state index contributed by atoms with van der Waals surface area (Å²) in [6.45, 7) is 0.682. The molecule has 5 nitrogen and oxygen atoms in total. The number of rotatable bonds is 3. The minimum absolute atomic E-state index is 0.0997. The van der Waals surface area contributed by atoms with Gasteiger partial charge in [-0.3, -0.25) is 9.78 Å². The molecule has 1 fully saturated rings. The van der Waals surface area contributed by atoms with Gasteiger partial charge in [-0.1, -0.05) is 0 Å². The molecule has 1 N–H and O–H groups in total. The molecule has 1 amide bonds. The molecule has 0 radical (unpaired) electrons. The molecule has 0 aliphatic carbocycles. The summed E-state index contributed by atoms with van der Waals surface area (Å²) in [7, 11) is 0. The Morgan fingerprint density at radius 2 is 2.23 bits per heavy atom. The van der Waals surface area contributed by atoms with Gasteiger partial charge in [0.25, 0.3) is 5.91 Å². The Bertz CT molecular complexity index is 693. The fourth-order valence-corrected chi connectivity index (χ4v) is 3.36. The number of thiophene rings is 1. The van der Waals surface area contributed by atoms with Crippen LogP contribution in [0.1, 0.15) is 39.7 Å². The van der Waals surface area contributed by atoms with Crippen molar-refractivity contribution < 1.29 is 9.53 Å². The second-order valence-electron chi connectivity index (χ2n) is 5.07. The number of pyridine rings is 1. The monoisotopic (exact) mass is 313 g/mol. The van der Waals surface area contributed by atoms with Gasteiger partial charge >= 0.3 is 0 Å². The number of carbonyl (C=O) groups excluding carboxylic acids is 1. The molecule has 6 heteroatoms. The summed E-state index contributed by atoms with van der Waals surface area (Å²) in [5, 5.41) is 13.8. The molecule has 0 spiro atoms. The van der Waals surface area contributed by atoms with Crippen molar-refractivity contribution in [3.63, 3.8) is 0 Å². The van der Waals surface area contributed by atoms with Gasteiger partial charge in [0.1, 0.15) is 17.1 Å². The predicted octanol–water partition coefficient (Wildman–Crippen LogP) is 2.66. The van der Waals surface area contributed by atoms with E-state index in [4.69, 9.17) is 10.00 Å². The fraction of sp³-hybridized carbons (Fsp3) is 0.312. The largest absolute Gasteiger partial charge is 0.371 e. The number of aromatic nitrogens is 1. The smallest absolute Gasteiger partial charge is 0.263 e. The summed E-state index contributed by atoms with van der Waals surface area (Å²) < 4.78 is 5.85. The van der Waals surface area contributed by atoms with Crippen LogP contribution in [0.15, 0.2) is 36.0 Å². The van der Waals surface area contributed by atoms with Crippen molar-refractivity contribution in [3.05, 3.63) is 52.0 Å². The van der Waals surface area contributed by atoms with E-state index in [9.17, 15) is 4.79 Å². The Balaban J connectivity index is 1.78. The van der Waals surface area contributed by atoms with Crippen LogP contribution in [0.2, 0.25) is 0 Å². The number of ether oxygens (including phenoxy) is 1. The maximum absolute atomic E-state index is 12.4. The third-order valence-electron chi connectivity index (χ3n) is 3.67. The Morgan fingerprint density at radius 1 is 1.41 bits per heavy atom. The molecular weight excluding hydrogens is 298 g/mol. The summed E-state index contributed by atoms with van der Waals surface area (Å²) in [5.41, 5.74) is 1.42. The lowest BCUT2D eigenvalue weighted by Crippen LogP contribution is -2.42. The Labute approximate surface area is 132 Å². The molecule has 1 aliphatic heterocycles. The Kier molecular flexibility index (Phi) is 4.47. The molecule has 0 aromatic carbocycles. The maximum Gasteiger partial charge on any atom is 0.263 e. The van der Waals surface area contributed by atoms with E-state index in [1.54, 1.807) is 23.8 Å². The van der Waals surface area contributed by atoms with Crippen LogP contribution >= 0.6 is 11.3 Å². The highest BCUT2D eigenvalue weighted by Gasteiger charge is 2.29. The van der Waals surface area contributed by atoms with Crippen molar-refractivity contribution in [1.82, 2.24) is 10.3 Å². The van der Waals surface area contributed by atoms with Gasteiger partial charge in [-0.05, 0) is 42.0 Å². The first-order chi connectivity index (χ1) is 10.8. The lowest BCUT2D eigenvalue weighted by Gasteiger charge is -2.32. The second kappa shape index (κ2) is 6.69. The SMILES string of the molecule is N#Cc1ccsc1C(=O)N[C@H]1CCCO[C@@H]1c1ccncc1. The van der Waals surface area contributed by atoms with Gasteiger partial charge in [0.2, 0.25) is 0 Å². The number of hydrogen-bond donors (Lipinski definition) is 1. The third-order valence-corrected chi connectivity index (χ3v) is 4.58. The number of nitriles is 1. The first-order valence-corrected chi connectivity index (χ1v) is 7.97. The number of nitrogens with zero attached hydrogens (tertiary/aromatic N) is 2. The first-order valence-electron chi connectivity index (χ1n) is 7.09. The van der Waals surface area contributed by atoms with Crippen LogP contribution in [0.5, 0.6) is 0 Å². The zero-order chi connectivity index (χ0) is 15.4. The highest BCUT2D eigenvalue weighted by atomic mass is 32.1. The third kappa shape index (κ3) is 3.01. The molecule has 2 atom stereocenters. The van der Waals surface area contributed by atoms with E-state index < -0.39 is 0 Å². The quantitative estimate of drug-likeness (QED) is 0.945. The average Bonchev–Trinajstić information content (AvgIpc) is 3.05. The highest BCUT2D eigenvalue weighted by Crippen LogP contribution is 2.28. The Hall–Kier alpha value is -2.23. The van der Waals surface area contributed by atoms with Gasteiger partial charge in [-0.15, -0.1) is 11.3 Å². The van der Waals surface area contributed by atoms with E-state index in [0.717, 1.165) is 18.4 Å². The normalized spacial score (nSPS) is 21.0. The number of hydrogen-bond acceptors (Lipinski definition) is 5. The van der Waals surface area contributed by atoms with Crippen LogP contribution in [-0.4, -0.2) is 23.5 Å². The van der Waals surface area contributed by atoms with E-state index in [0.29, 0.717) is 17.0 Å². The number of carbonyl (C=O) groups is 1. The van der Waals surface area contributed by atoms with Crippen LogP contribution in [-0.2, 0) is 4.74 Å². The highest BCUT2D eigenvalue weighted by molar-refractivity contribution is 7.12. The molecule has 0 bridgehead atoms. The summed E-state index contributed by atoms with van der Waals surface area (Å²) in [4.78, 5) is 16.9.